The third-order valence-corrected chi connectivity index (χ3v) is 4.81. The van der Waals surface area contributed by atoms with Gasteiger partial charge in [0.25, 0.3) is 0 Å². The molecule has 0 spiro atoms. The number of likely N-dealkylation sites (tertiary alicyclic amines) is 1. The molecule has 0 saturated carbocycles. The molecule has 4 nitrogen and oxygen atoms in total. The topological polar surface area (TPSA) is 63.4 Å². The third kappa shape index (κ3) is 4.33. The Balaban J connectivity index is 0.00000192. The minimum Gasteiger partial charge on any atom is -0.341 e. The highest BCUT2D eigenvalue weighted by Gasteiger charge is 2.24. The summed E-state index contributed by atoms with van der Waals surface area (Å²) in [6.45, 7) is 1.36. The SMILES string of the molecule is Cl.N[C@@H]1CCN(C(=O)CCC(=O)c2ccc3c(c2)CCCC3)C1. The van der Waals surface area contributed by atoms with Gasteiger partial charge in [-0.1, -0.05) is 12.1 Å². The van der Waals surface area contributed by atoms with Gasteiger partial charge in [-0.2, -0.15) is 0 Å². The van der Waals surface area contributed by atoms with Crippen molar-refractivity contribution in [1.82, 2.24) is 4.90 Å². The van der Waals surface area contributed by atoms with E-state index in [0.29, 0.717) is 19.4 Å². The Morgan fingerprint density at radius 2 is 1.87 bits per heavy atom. The molecule has 1 aromatic rings. The number of benzene rings is 1. The van der Waals surface area contributed by atoms with Gasteiger partial charge in [-0.3, -0.25) is 9.59 Å². The van der Waals surface area contributed by atoms with Crippen LogP contribution >= 0.6 is 12.4 Å². The van der Waals surface area contributed by atoms with Crippen LogP contribution in [0.3, 0.4) is 0 Å². The van der Waals surface area contributed by atoms with Crippen LogP contribution in [0, 0.1) is 0 Å². The fraction of sp³-hybridized carbons (Fsp3) is 0.556. The van der Waals surface area contributed by atoms with Crippen molar-refractivity contribution in [3.05, 3.63) is 34.9 Å². The highest BCUT2D eigenvalue weighted by Crippen LogP contribution is 2.23. The lowest BCUT2D eigenvalue weighted by molar-refractivity contribution is -0.130. The maximum Gasteiger partial charge on any atom is 0.223 e. The minimum absolute atomic E-state index is 0. The molecule has 1 amide bonds. The average molecular weight is 337 g/mol. The number of carbonyl (C=O) groups is 2. The van der Waals surface area contributed by atoms with Crippen molar-refractivity contribution in [2.45, 2.75) is 51.0 Å². The maximum absolute atomic E-state index is 12.3. The van der Waals surface area contributed by atoms with Crippen LogP contribution in [0.5, 0.6) is 0 Å². The predicted octanol–water partition coefficient (Wildman–Crippen LogP) is 2.51. The lowest BCUT2D eigenvalue weighted by Crippen LogP contribution is -2.32. The summed E-state index contributed by atoms with van der Waals surface area (Å²) < 4.78 is 0. The Morgan fingerprint density at radius 1 is 1.13 bits per heavy atom. The van der Waals surface area contributed by atoms with E-state index in [4.69, 9.17) is 5.73 Å². The molecule has 0 aromatic heterocycles. The van der Waals surface area contributed by atoms with Crippen LogP contribution in [-0.2, 0) is 17.6 Å². The zero-order valence-electron chi connectivity index (χ0n) is 13.4. The molecule has 1 fully saturated rings. The summed E-state index contributed by atoms with van der Waals surface area (Å²) in [7, 11) is 0. The van der Waals surface area contributed by atoms with Crippen LogP contribution in [0.4, 0.5) is 0 Å². The number of Topliss-reactive ketones (excluding diaryl/α,β-unsaturated/α-hetero) is 1. The summed E-state index contributed by atoms with van der Waals surface area (Å²) in [5, 5.41) is 0. The Hall–Kier alpha value is -1.39. The number of rotatable bonds is 4. The first kappa shape index (κ1) is 18.0. The van der Waals surface area contributed by atoms with Gasteiger partial charge in [-0.05, 0) is 49.3 Å². The third-order valence-electron chi connectivity index (χ3n) is 4.81. The van der Waals surface area contributed by atoms with Gasteiger partial charge in [0.1, 0.15) is 0 Å². The van der Waals surface area contributed by atoms with Gasteiger partial charge in [0.05, 0.1) is 0 Å². The van der Waals surface area contributed by atoms with E-state index >= 15 is 0 Å². The first-order valence-electron chi connectivity index (χ1n) is 8.32. The Bertz CT molecular complexity index is 588. The number of hydrogen-bond acceptors (Lipinski definition) is 3. The van der Waals surface area contributed by atoms with Crippen molar-refractivity contribution in [2.75, 3.05) is 13.1 Å². The van der Waals surface area contributed by atoms with Crippen LogP contribution in [0.15, 0.2) is 18.2 Å². The zero-order valence-corrected chi connectivity index (χ0v) is 14.2. The van der Waals surface area contributed by atoms with E-state index in [0.717, 1.165) is 31.4 Å². The molecule has 0 radical (unpaired) electrons. The van der Waals surface area contributed by atoms with E-state index < -0.39 is 0 Å². The van der Waals surface area contributed by atoms with E-state index in [1.807, 2.05) is 12.1 Å². The summed E-state index contributed by atoms with van der Waals surface area (Å²) in [4.78, 5) is 26.2. The van der Waals surface area contributed by atoms with Gasteiger partial charge in [0.15, 0.2) is 5.78 Å². The van der Waals surface area contributed by atoms with Gasteiger partial charge in [0, 0.05) is 37.5 Å². The standard InChI is InChI=1S/C18H24N2O2.ClH/c19-16-9-10-20(12-16)18(22)8-7-17(21)15-6-5-13-3-1-2-4-14(13)11-15;/h5-6,11,16H,1-4,7-10,12,19H2;1H/t16-;/m1./s1. The predicted molar refractivity (Wildman–Crippen MR) is 93.1 cm³/mol. The number of ketones is 1. The van der Waals surface area contributed by atoms with E-state index in [1.165, 1.54) is 24.0 Å². The molecule has 126 valence electrons. The molecule has 23 heavy (non-hydrogen) atoms. The maximum atomic E-state index is 12.3. The van der Waals surface area contributed by atoms with Gasteiger partial charge < -0.3 is 10.6 Å². The number of carbonyl (C=O) groups excluding carboxylic acids is 2. The molecule has 1 aromatic carbocycles. The summed E-state index contributed by atoms with van der Waals surface area (Å²) in [6, 6.07) is 6.14. The number of hydrogen-bond donors (Lipinski definition) is 1. The number of amides is 1. The fourth-order valence-corrected chi connectivity index (χ4v) is 3.44. The highest BCUT2D eigenvalue weighted by molar-refractivity contribution is 5.98. The summed E-state index contributed by atoms with van der Waals surface area (Å²) in [6.07, 6.45) is 6.10. The Morgan fingerprint density at radius 3 is 2.57 bits per heavy atom. The van der Waals surface area contributed by atoms with Crippen LogP contribution in [0.25, 0.3) is 0 Å². The Labute approximate surface area is 143 Å². The van der Waals surface area contributed by atoms with Crippen LogP contribution in [-0.4, -0.2) is 35.7 Å². The van der Waals surface area contributed by atoms with Gasteiger partial charge >= 0.3 is 0 Å². The summed E-state index contributed by atoms with van der Waals surface area (Å²) >= 11 is 0. The first-order chi connectivity index (χ1) is 10.6. The largest absolute Gasteiger partial charge is 0.341 e. The van der Waals surface area contributed by atoms with E-state index in [1.54, 1.807) is 4.90 Å². The number of aryl methyl sites for hydroxylation is 2. The molecule has 0 bridgehead atoms. The van der Waals surface area contributed by atoms with E-state index in [-0.39, 0.29) is 30.1 Å². The van der Waals surface area contributed by atoms with Crippen molar-refractivity contribution in [3.8, 4) is 0 Å². The smallest absolute Gasteiger partial charge is 0.223 e. The molecule has 2 aliphatic rings. The van der Waals surface area contributed by atoms with E-state index in [2.05, 4.69) is 6.07 Å². The molecule has 0 unspecified atom stereocenters. The second kappa shape index (κ2) is 7.93. The summed E-state index contributed by atoms with van der Waals surface area (Å²) in [5.74, 6) is 0.129. The molecule has 2 N–H and O–H groups in total. The molecule has 5 heteroatoms. The molecule has 1 atom stereocenters. The number of halogens is 1. The van der Waals surface area contributed by atoms with Crippen molar-refractivity contribution >= 4 is 24.1 Å². The monoisotopic (exact) mass is 336 g/mol. The normalized spacial score (nSPS) is 19.9. The molecule has 1 aliphatic heterocycles. The summed E-state index contributed by atoms with van der Waals surface area (Å²) in [5.41, 5.74) is 9.26. The average Bonchev–Trinajstić information content (AvgIpc) is 2.98. The van der Waals surface area contributed by atoms with Crippen LogP contribution < -0.4 is 5.73 Å². The van der Waals surface area contributed by atoms with E-state index in [9.17, 15) is 9.59 Å². The fourth-order valence-electron chi connectivity index (χ4n) is 3.44. The molecule has 1 heterocycles. The number of nitrogens with zero attached hydrogens (tertiary/aromatic N) is 1. The second-order valence-corrected chi connectivity index (χ2v) is 6.50. The van der Waals surface area contributed by atoms with Crippen molar-refractivity contribution in [1.29, 1.82) is 0 Å². The molecular weight excluding hydrogens is 312 g/mol. The number of nitrogens with two attached hydrogens (primary N) is 1. The van der Waals surface area contributed by atoms with Crippen molar-refractivity contribution < 1.29 is 9.59 Å². The van der Waals surface area contributed by atoms with Crippen molar-refractivity contribution in [2.24, 2.45) is 5.73 Å². The molecule has 1 aliphatic carbocycles. The minimum atomic E-state index is 0. The highest BCUT2D eigenvalue weighted by atomic mass is 35.5. The first-order valence-corrected chi connectivity index (χ1v) is 8.32. The van der Waals surface area contributed by atoms with Gasteiger partial charge in [0.2, 0.25) is 5.91 Å². The Kier molecular flexibility index (Phi) is 6.19. The molecule has 1 saturated heterocycles. The lowest BCUT2D eigenvalue weighted by atomic mass is 9.89. The quantitative estimate of drug-likeness (QED) is 0.859. The van der Waals surface area contributed by atoms with Crippen LogP contribution in [0.2, 0.25) is 0 Å². The van der Waals surface area contributed by atoms with Gasteiger partial charge in [-0.15, -0.1) is 12.4 Å². The zero-order chi connectivity index (χ0) is 15.5. The molecule has 3 rings (SSSR count). The second-order valence-electron chi connectivity index (χ2n) is 6.50. The van der Waals surface area contributed by atoms with Crippen molar-refractivity contribution in [3.63, 3.8) is 0 Å². The molecular formula is C18H25ClN2O2. The van der Waals surface area contributed by atoms with Gasteiger partial charge in [-0.25, -0.2) is 0 Å². The number of fused-ring (bicyclic) bond motifs is 1. The lowest BCUT2D eigenvalue weighted by Gasteiger charge is -2.17. The van der Waals surface area contributed by atoms with Crippen LogP contribution in [0.1, 0.15) is 53.6 Å².